The van der Waals surface area contributed by atoms with Gasteiger partial charge in [0.1, 0.15) is 0 Å². The van der Waals surface area contributed by atoms with Crippen molar-refractivity contribution in [2.45, 2.75) is 38.6 Å². The molecule has 0 saturated heterocycles. The fourth-order valence-electron chi connectivity index (χ4n) is 1.70. The summed E-state index contributed by atoms with van der Waals surface area (Å²) in [4.78, 5) is 0. The van der Waals surface area contributed by atoms with Crippen LogP contribution in [0.4, 0.5) is 4.39 Å². The zero-order valence-electron chi connectivity index (χ0n) is 10.7. The second-order valence-corrected chi connectivity index (χ2v) is 4.37. The van der Waals surface area contributed by atoms with Crippen LogP contribution in [0.1, 0.15) is 31.7 Å². The molecule has 1 rings (SSSR count). The Morgan fingerprint density at radius 1 is 1.44 bits per heavy atom. The largest absolute Gasteiger partial charge is 0.490 e. The maximum Gasteiger partial charge on any atom is 0.165 e. The topological polar surface area (TPSA) is 59.0 Å². The first-order valence-corrected chi connectivity index (χ1v) is 6.18. The van der Waals surface area contributed by atoms with Crippen molar-refractivity contribution in [3.05, 3.63) is 29.6 Å². The van der Waals surface area contributed by atoms with Crippen LogP contribution < -0.4 is 10.5 Å². The van der Waals surface area contributed by atoms with Gasteiger partial charge < -0.3 is 10.5 Å². The van der Waals surface area contributed by atoms with Crippen LogP contribution in [-0.2, 0) is 6.42 Å². The van der Waals surface area contributed by atoms with Gasteiger partial charge >= 0.3 is 0 Å². The fourth-order valence-corrected chi connectivity index (χ4v) is 1.70. The zero-order valence-corrected chi connectivity index (χ0v) is 10.7. The molecule has 1 aromatic rings. The Kier molecular flexibility index (Phi) is 6.16. The molecule has 0 radical (unpaired) electrons. The lowest BCUT2D eigenvalue weighted by molar-refractivity contribution is 0.289. The molecular formula is C14H19FN2O. The number of benzene rings is 1. The summed E-state index contributed by atoms with van der Waals surface area (Å²) in [7, 11) is 0. The molecule has 0 spiro atoms. The number of nitrogens with two attached hydrogens (primary N) is 1. The minimum Gasteiger partial charge on any atom is -0.490 e. The van der Waals surface area contributed by atoms with Crippen molar-refractivity contribution in [3.63, 3.8) is 0 Å². The average molecular weight is 250 g/mol. The summed E-state index contributed by atoms with van der Waals surface area (Å²) in [6.07, 6.45) is 2.62. The molecule has 18 heavy (non-hydrogen) atoms. The number of ether oxygens (including phenoxy) is 1. The lowest BCUT2D eigenvalue weighted by Gasteiger charge is -2.13. The summed E-state index contributed by atoms with van der Waals surface area (Å²) < 4.78 is 19.1. The molecular weight excluding hydrogens is 231 g/mol. The van der Waals surface area contributed by atoms with Gasteiger partial charge in [-0.1, -0.05) is 12.1 Å². The van der Waals surface area contributed by atoms with Gasteiger partial charge in [0.15, 0.2) is 11.6 Å². The standard InChI is InChI=1S/C14H19FN2O/c1-11(17)10-12-6-5-7-13(15)14(12)18-9-4-2-3-8-16/h5-7,11H,2-4,9-10,17H2,1H3. The van der Waals surface area contributed by atoms with E-state index in [-0.39, 0.29) is 11.9 Å². The first kappa shape index (κ1) is 14.5. The Labute approximate surface area is 107 Å². The molecule has 0 amide bonds. The van der Waals surface area contributed by atoms with Gasteiger partial charge in [-0.2, -0.15) is 5.26 Å². The summed E-state index contributed by atoms with van der Waals surface area (Å²) in [5.41, 5.74) is 6.52. The Bertz CT molecular complexity index is 413. The molecule has 0 saturated carbocycles. The SMILES string of the molecule is CC(N)Cc1cccc(F)c1OCCCCC#N. The molecule has 0 aliphatic heterocycles. The molecule has 0 bridgehead atoms. The molecule has 1 unspecified atom stereocenters. The number of halogens is 1. The summed E-state index contributed by atoms with van der Waals surface area (Å²) in [5.74, 6) is -0.0554. The van der Waals surface area contributed by atoms with Crippen molar-refractivity contribution in [3.8, 4) is 11.8 Å². The first-order valence-electron chi connectivity index (χ1n) is 6.18. The summed E-state index contributed by atoms with van der Waals surface area (Å²) in [5, 5.41) is 8.41. The van der Waals surface area contributed by atoms with Crippen molar-refractivity contribution in [2.75, 3.05) is 6.61 Å². The highest BCUT2D eigenvalue weighted by atomic mass is 19.1. The molecule has 3 nitrogen and oxygen atoms in total. The fraction of sp³-hybridized carbons (Fsp3) is 0.500. The molecule has 98 valence electrons. The van der Waals surface area contributed by atoms with Gasteiger partial charge in [0.2, 0.25) is 0 Å². The molecule has 0 aliphatic rings. The van der Waals surface area contributed by atoms with Crippen LogP contribution in [0.5, 0.6) is 5.75 Å². The van der Waals surface area contributed by atoms with E-state index in [0.717, 1.165) is 18.4 Å². The monoisotopic (exact) mass is 250 g/mol. The van der Waals surface area contributed by atoms with Crippen LogP contribution in [0.2, 0.25) is 0 Å². The third-order valence-corrected chi connectivity index (χ3v) is 2.52. The number of hydrogen-bond acceptors (Lipinski definition) is 3. The smallest absolute Gasteiger partial charge is 0.165 e. The zero-order chi connectivity index (χ0) is 13.4. The molecule has 4 heteroatoms. The highest BCUT2D eigenvalue weighted by Crippen LogP contribution is 2.24. The maximum atomic E-state index is 13.7. The molecule has 1 aromatic carbocycles. The van der Waals surface area contributed by atoms with E-state index in [0.29, 0.717) is 25.2 Å². The third kappa shape index (κ3) is 4.72. The van der Waals surface area contributed by atoms with Crippen molar-refractivity contribution >= 4 is 0 Å². The minimum atomic E-state index is -0.353. The van der Waals surface area contributed by atoms with Crippen molar-refractivity contribution in [1.29, 1.82) is 5.26 Å². The van der Waals surface area contributed by atoms with Gasteiger partial charge in [-0.15, -0.1) is 0 Å². The van der Waals surface area contributed by atoms with E-state index in [2.05, 4.69) is 6.07 Å². The summed E-state index contributed by atoms with van der Waals surface area (Å²) in [6.45, 7) is 2.30. The second-order valence-electron chi connectivity index (χ2n) is 4.37. The predicted molar refractivity (Wildman–Crippen MR) is 68.7 cm³/mol. The number of unbranched alkanes of at least 4 members (excludes halogenated alkanes) is 2. The van der Waals surface area contributed by atoms with Crippen LogP contribution in [0.3, 0.4) is 0 Å². The number of hydrogen-bond donors (Lipinski definition) is 1. The van der Waals surface area contributed by atoms with Crippen LogP contribution in [0.15, 0.2) is 18.2 Å². The highest BCUT2D eigenvalue weighted by molar-refractivity contribution is 5.35. The van der Waals surface area contributed by atoms with Gasteiger partial charge in [0, 0.05) is 12.5 Å². The number of nitriles is 1. The predicted octanol–water partition coefficient (Wildman–Crippen LogP) is 2.79. The molecule has 2 N–H and O–H groups in total. The van der Waals surface area contributed by atoms with Crippen LogP contribution >= 0.6 is 0 Å². The first-order chi connectivity index (χ1) is 8.65. The molecule has 0 fully saturated rings. The van der Waals surface area contributed by atoms with Gasteiger partial charge in [0.05, 0.1) is 12.7 Å². The molecule has 0 heterocycles. The van der Waals surface area contributed by atoms with E-state index in [1.54, 1.807) is 6.07 Å². The quantitative estimate of drug-likeness (QED) is 0.757. The average Bonchev–Trinajstić information content (AvgIpc) is 2.31. The van der Waals surface area contributed by atoms with E-state index >= 15 is 0 Å². The van der Waals surface area contributed by atoms with Crippen LogP contribution in [-0.4, -0.2) is 12.6 Å². The van der Waals surface area contributed by atoms with E-state index in [1.807, 2.05) is 13.0 Å². The van der Waals surface area contributed by atoms with Gasteiger partial charge in [0.25, 0.3) is 0 Å². The number of rotatable bonds is 7. The van der Waals surface area contributed by atoms with Gasteiger partial charge in [-0.05, 0) is 37.8 Å². The maximum absolute atomic E-state index is 13.7. The van der Waals surface area contributed by atoms with E-state index in [1.165, 1.54) is 6.07 Å². The summed E-state index contributed by atoms with van der Waals surface area (Å²) in [6, 6.07) is 6.91. The second kappa shape index (κ2) is 7.67. The van der Waals surface area contributed by atoms with Crippen molar-refractivity contribution < 1.29 is 9.13 Å². The Balaban J connectivity index is 2.59. The lowest BCUT2D eigenvalue weighted by atomic mass is 10.1. The Hall–Kier alpha value is -1.60. The van der Waals surface area contributed by atoms with Gasteiger partial charge in [-0.3, -0.25) is 0 Å². The number of nitrogens with zero attached hydrogens (tertiary/aromatic N) is 1. The van der Waals surface area contributed by atoms with Crippen LogP contribution in [0.25, 0.3) is 0 Å². The third-order valence-electron chi connectivity index (χ3n) is 2.52. The Morgan fingerprint density at radius 2 is 2.22 bits per heavy atom. The Morgan fingerprint density at radius 3 is 2.89 bits per heavy atom. The van der Waals surface area contributed by atoms with E-state index in [4.69, 9.17) is 15.7 Å². The van der Waals surface area contributed by atoms with Gasteiger partial charge in [-0.25, -0.2) is 4.39 Å². The van der Waals surface area contributed by atoms with E-state index < -0.39 is 0 Å². The number of para-hydroxylation sites is 1. The summed E-state index contributed by atoms with van der Waals surface area (Å²) >= 11 is 0. The molecule has 1 atom stereocenters. The highest BCUT2D eigenvalue weighted by Gasteiger charge is 2.11. The van der Waals surface area contributed by atoms with Crippen molar-refractivity contribution in [1.82, 2.24) is 0 Å². The van der Waals surface area contributed by atoms with E-state index in [9.17, 15) is 4.39 Å². The van der Waals surface area contributed by atoms with Crippen molar-refractivity contribution in [2.24, 2.45) is 5.73 Å². The lowest BCUT2D eigenvalue weighted by Crippen LogP contribution is -2.18. The minimum absolute atomic E-state index is 0.0345. The normalized spacial score (nSPS) is 11.9. The molecule has 0 aromatic heterocycles. The molecule has 0 aliphatic carbocycles. The van der Waals surface area contributed by atoms with Crippen LogP contribution in [0, 0.1) is 17.1 Å².